The van der Waals surface area contributed by atoms with Gasteiger partial charge in [-0.15, -0.1) is 11.6 Å². The predicted octanol–water partition coefficient (Wildman–Crippen LogP) is 4.64. The van der Waals surface area contributed by atoms with Gasteiger partial charge in [-0.05, 0) is 57.2 Å². The van der Waals surface area contributed by atoms with Crippen LogP contribution in [0.5, 0.6) is 11.5 Å². The third-order valence-corrected chi connectivity index (χ3v) is 4.07. The van der Waals surface area contributed by atoms with E-state index in [1.807, 2.05) is 0 Å². The van der Waals surface area contributed by atoms with E-state index in [4.69, 9.17) is 25.8 Å². The van der Waals surface area contributed by atoms with Crippen LogP contribution in [0.2, 0.25) is 0 Å². The molecule has 0 unspecified atom stereocenters. The van der Waals surface area contributed by atoms with Crippen LogP contribution in [0.4, 0.5) is 4.79 Å². The molecule has 1 aromatic carbocycles. The first-order valence-corrected chi connectivity index (χ1v) is 10.0. The van der Waals surface area contributed by atoms with Crippen molar-refractivity contribution in [2.45, 2.75) is 58.1 Å². The molecule has 0 radical (unpaired) electrons. The van der Waals surface area contributed by atoms with Crippen molar-refractivity contribution in [3.8, 4) is 23.3 Å². The summed E-state index contributed by atoms with van der Waals surface area (Å²) in [6, 6.07) is 4.60. The topological polar surface area (TPSA) is 73.9 Å². The van der Waals surface area contributed by atoms with Crippen LogP contribution in [0.3, 0.4) is 0 Å². The van der Waals surface area contributed by atoms with Gasteiger partial charge in [-0.1, -0.05) is 12.0 Å². The lowest BCUT2D eigenvalue weighted by Crippen LogP contribution is -2.35. The molecular formula is C22H30ClNO5. The molecule has 0 saturated heterocycles. The second kappa shape index (κ2) is 12.2. The molecular weight excluding hydrogens is 394 g/mol. The van der Waals surface area contributed by atoms with Crippen molar-refractivity contribution in [1.29, 1.82) is 0 Å². The molecule has 0 fully saturated rings. The van der Waals surface area contributed by atoms with Crippen LogP contribution >= 0.6 is 11.6 Å². The summed E-state index contributed by atoms with van der Waals surface area (Å²) < 4.78 is 15.9. The van der Waals surface area contributed by atoms with E-state index >= 15 is 0 Å². The van der Waals surface area contributed by atoms with Gasteiger partial charge in [0.25, 0.3) is 0 Å². The Hall–Kier alpha value is -2.39. The highest BCUT2D eigenvalue weighted by molar-refractivity contribution is 6.17. The summed E-state index contributed by atoms with van der Waals surface area (Å²) in [4.78, 5) is 24.6. The summed E-state index contributed by atoms with van der Waals surface area (Å²) in [5, 5.41) is 2.76. The summed E-state index contributed by atoms with van der Waals surface area (Å²) in [6.07, 6.45) is 1.72. The number of alkyl carbamates (subject to hydrolysis) is 1. The standard InChI is InChI=1S/C22H30ClNO5/c1-22(2,3)29-21(26)24-18(15-17(25)10-8-6-7-9-13-23)16-11-12-19(27-4)20(14-16)28-5/h11-12,14,18H,6-7,9,13,15H2,1-5H3,(H,24,26)/t18-/m0/s1. The lowest BCUT2D eigenvalue weighted by Gasteiger charge is -2.23. The molecule has 7 heteroatoms. The van der Waals surface area contributed by atoms with Crippen LogP contribution < -0.4 is 14.8 Å². The summed E-state index contributed by atoms with van der Waals surface area (Å²) in [5.74, 6) is 6.86. The molecule has 0 heterocycles. The Morgan fingerprint density at radius 3 is 2.41 bits per heavy atom. The molecule has 1 aromatic rings. The van der Waals surface area contributed by atoms with Crippen molar-refractivity contribution in [2.75, 3.05) is 20.1 Å². The van der Waals surface area contributed by atoms with Crippen molar-refractivity contribution < 1.29 is 23.8 Å². The van der Waals surface area contributed by atoms with Crippen LogP contribution in [0.15, 0.2) is 18.2 Å². The van der Waals surface area contributed by atoms with E-state index in [9.17, 15) is 9.59 Å². The molecule has 6 nitrogen and oxygen atoms in total. The number of rotatable bonds is 9. The highest BCUT2D eigenvalue weighted by Crippen LogP contribution is 2.31. The average molecular weight is 424 g/mol. The van der Waals surface area contributed by atoms with Gasteiger partial charge in [0.15, 0.2) is 11.5 Å². The van der Waals surface area contributed by atoms with Gasteiger partial charge in [-0.3, -0.25) is 4.79 Å². The van der Waals surface area contributed by atoms with E-state index in [0.29, 0.717) is 29.4 Å². The number of hydrogen-bond acceptors (Lipinski definition) is 5. The van der Waals surface area contributed by atoms with E-state index in [0.717, 1.165) is 12.8 Å². The number of nitrogens with one attached hydrogen (secondary N) is 1. The van der Waals surface area contributed by atoms with Gasteiger partial charge in [-0.2, -0.15) is 0 Å². The van der Waals surface area contributed by atoms with Crippen LogP contribution in [0.1, 0.15) is 58.1 Å². The second-order valence-electron chi connectivity index (χ2n) is 7.39. The third-order valence-electron chi connectivity index (χ3n) is 3.80. The molecule has 160 valence electrons. The third kappa shape index (κ3) is 9.58. The van der Waals surface area contributed by atoms with Gasteiger partial charge in [0.05, 0.1) is 20.3 Å². The Morgan fingerprint density at radius 2 is 1.83 bits per heavy atom. The summed E-state index contributed by atoms with van der Waals surface area (Å²) >= 11 is 5.63. The van der Waals surface area contributed by atoms with Crippen molar-refractivity contribution >= 4 is 23.5 Å². The number of ketones is 1. The Labute approximate surface area is 178 Å². The predicted molar refractivity (Wildman–Crippen MR) is 114 cm³/mol. The zero-order chi connectivity index (χ0) is 21.9. The molecule has 29 heavy (non-hydrogen) atoms. The number of unbranched alkanes of at least 4 members (excludes halogenated alkanes) is 2. The maximum Gasteiger partial charge on any atom is 0.408 e. The van der Waals surface area contributed by atoms with E-state index in [1.54, 1.807) is 39.0 Å². The van der Waals surface area contributed by atoms with Crippen molar-refractivity contribution in [2.24, 2.45) is 0 Å². The summed E-state index contributed by atoms with van der Waals surface area (Å²) in [5.41, 5.74) is 0.0316. The monoisotopic (exact) mass is 423 g/mol. The van der Waals surface area contributed by atoms with Gasteiger partial charge in [0, 0.05) is 18.7 Å². The number of methoxy groups -OCH3 is 2. The SMILES string of the molecule is COc1ccc([C@H](CC(=O)C#CCCCCCl)NC(=O)OC(C)(C)C)cc1OC. The zero-order valence-corrected chi connectivity index (χ0v) is 18.5. The second-order valence-corrected chi connectivity index (χ2v) is 7.77. The normalized spacial score (nSPS) is 11.7. The minimum atomic E-state index is -0.654. The Morgan fingerprint density at radius 1 is 1.14 bits per heavy atom. The first kappa shape index (κ1) is 24.6. The summed E-state index contributed by atoms with van der Waals surface area (Å²) in [7, 11) is 3.06. The Bertz CT molecular complexity index is 746. The number of ether oxygens (including phenoxy) is 3. The van der Waals surface area contributed by atoms with Gasteiger partial charge in [0.1, 0.15) is 5.60 Å². The van der Waals surface area contributed by atoms with Crippen LogP contribution in [0.25, 0.3) is 0 Å². The molecule has 1 N–H and O–H groups in total. The Balaban J connectivity index is 3.00. The minimum Gasteiger partial charge on any atom is -0.493 e. The Kier molecular flexibility index (Phi) is 10.4. The molecule has 0 aliphatic carbocycles. The lowest BCUT2D eigenvalue weighted by atomic mass is 10.0. The number of amides is 1. The number of Topliss-reactive ketones (excluding diaryl/α,β-unsaturated/α-hetero) is 1. The fourth-order valence-corrected chi connectivity index (χ4v) is 2.67. The van der Waals surface area contributed by atoms with Gasteiger partial charge in [-0.25, -0.2) is 4.79 Å². The molecule has 0 aliphatic heterocycles. The summed E-state index contributed by atoms with van der Waals surface area (Å²) in [6.45, 7) is 5.32. The molecule has 0 bridgehead atoms. The number of halogens is 1. The van der Waals surface area contributed by atoms with Crippen LogP contribution in [-0.4, -0.2) is 37.6 Å². The smallest absolute Gasteiger partial charge is 0.408 e. The molecule has 0 saturated carbocycles. The fourth-order valence-electron chi connectivity index (χ4n) is 2.48. The van der Waals surface area contributed by atoms with Crippen molar-refractivity contribution in [1.82, 2.24) is 5.32 Å². The van der Waals surface area contributed by atoms with Crippen LogP contribution in [0, 0.1) is 11.8 Å². The highest BCUT2D eigenvalue weighted by Gasteiger charge is 2.23. The molecule has 1 amide bonds. The number of benzene rings is 1. The average Bonchev–Trinajstić information content (AvgIpc) is 2.65. The number of alkyl halides is 1. The van der Waals surface area contributed by atoms with E-state index in [1.165, 1.54) is 14.2 Å². The fraction of sp³-hybridized carbons (Fsp3) is 0.545. The maximum atomic E-state index is 12.4. The highest BCUT2D eigenvalue weighted by atomic mass is 35.5. The minimum absolute atomic E-state index is 0.0111. The maximum absolute atomic E-state index is 12.4. The number of carbonyl (C=O) groups is 2. The molecule has 1 atom stereocenters. The molecule has 0 aromatic heterocycles. The van der Waals surface area contributed by atoms with Crippen molar-refractivity contribution in [3.05, 3.63) is 23.8 Å². The molecule has 0 aliphatic rings. The van der Waals surface area contributed by atoms with E-state index in [-0.39, 0.29) is 12.2 Å². The quantitative estimate of drug-likeness (QED) is 0.271. The van der Waals surface area contributed by atoms with Gasteiger partial charge >= 0.3 is 6.09 Å². The molecule has 0 spiro atoms. The number of hydrogen-bond donors (Lipinski definition) is 1. The first-order valence-electron chi connectivity index (χ1n) is 9.49. The number of carbonyl (C=O) groups excluding carboxylic acids is 2. The first-order chi connectivity index (χ1) is 13.7. The van der Waals surface area contributed by atoms with Crippen LogP contribution in [-0.2, 0) is 9.53 Å². The van der Waals surface area contributed by atoms with Gasteiger partial charge < -0.3 is 19.5 Å². The lowest BCUT2D eigenvalue weighted by molar-refractivity contribution is -0.114. The molecule has 1 rings (SSSR count). The largest absolute Gasteiger partial charge is 0.493 e. The van der Waals surface area contributed by atoms with Crippen molar-refractivity contribution in [3.63, 3.8) is 0 Å². The van der Waals surface area contributed by atoms with E-state index in [2.05, 4.69) is 17.2 Å². The van der Waals surface area contributed by atoms with E-state index < -0.39 is 17.7 Å². The van der Waals surface area contributed by atoms with Gasteiger partial charge in [0.2, 0.25) is 5.78 Å². The zero-order valence-electron chi connectivity index (χ0n) is 17.8.